The maximum Gasteiger partial charge on any atom is 0.165 e. The molecule has 18 heavy (non-hydrogen) atoms. The molecule has 0 heterocycles. The molecule has 0 bridgehead atoms. The molecule has 0 spiro atoms. The van der Waals surface area contributed by atoms with Crippen molar-refractivity contribution in [1.29, 1.82) is 0 Å². The molecule has 2 N–H and O–H groups in total. The molecular formula is C14H23FN2O. The molecule has 0 aliphatic rings. The average molecular weight is 254 g/mol. The zero-order valence-corrected chi connectivity index (χ0v) is 11.4. The molecule has 1 aromatic rings. The monoisotopic (exact) mass is 254 g/mol. The van der Waals surface area contributed by atoms with Crippen molar-refractivity contribution in [2.24, 2.45) is 5.73 Å². The fourth-order valence-electron chi connectivity index (χ4n) is 1.88. The van der Waals surface area contributed by atoms with Crippen LogP contribution in [0.1, 0.15) is 25.3 Å². The van der Waals surface area contributed by atoms with Crippen LogP contribution in [0.2, 0.25) is 0 Å². The summed E-state index contributed by atoms with van der Waals surface area (Å²) in [7, 11) is 3.50. The van der Waals surface area contributed by atoms with Gasteiger partial charge in [0.15, 0.2) is 11.6 Å². The van der Waals surface area contributed by atoms with E-state index in [1.165, 1.54) is 13.2 Å². The number of hydrogen-bond donors (Lipinski definition) is 1. The first kappa shape index (κ1) is 14.9. The van der Waals surface area contributed by atoms with E-state index in [-0.39, 0.29) is 11.9 Å². The van der Waals surface area contributed by atoms with Crippen molar-refractivity contribution >= 4 is 0 Å². The van der Waals surface area contributed by atoms with Crippen LogP contribution in [0.4, 0.5) is 4.39 Å². The molecule has 0 aromatic heterocycles. The molecule has 102 valence electrons. The Labute approximate surface area is 109 Å². The molecule has 3 nitrogen and oxygen atoms in total. The van der Waals surface area contributed by atoms with Gasteiger partial charge in [0.1, 0.15) is 0 Å². The van der Waals surface area contributed by atoms with Gasteiger partial charge in [-0.15, -0.1) is 0 Å². The Hall–Kier alpha value is -1.13. The Morgan fingerprint density at radius 2 is 2.17 bits per heavy atom. The van der Waals surface area contributed by atoms with Gasteiger partial charge in [-0.2, -0.15) is 0 Å². The highest BCUT2D eigenvalue weighted by molar-refractivity contribution is 5.29. The van der Waals surface area contributed by atoms with E-state index in [9.17, 15) is 4.39 Å². The summed E-state index contributed by atoms with van der Waals surface area (Å²) in [5.41, 5.74) is 6.66. The summed E-state index contributed by atoms with van der Waals surface area (Å²) in [6.07, 6.45) is 2.08. The molecule has 1 aromatic carbocycles. The van der Waals surface area contributed by atoms with Crippen LogP contribution >= 0.6 is 0 Å². The summed E-state index contributed by atoms with van der Waals surface area (Å²) in [6.45, 7) is 3.72. The van der Waals surface area contributed by atoms with Crippen molar-refractivity contribution in [3.05, 3.63) is 29.6 Å². The molecule has 0 saturated heterocycles. The van der Waals surface area contributed by atoms with E-state index in [0.717, 1.165) is 31.5 Å². The lowest BCUT2D eigenvalue weighted by Crippen LogP contribution is -2.22. The number of ether oxygens (including phenoxy) is 1. The van der Waals surface area contributed by atoms with E-state index < -0.39 is 0 Å². The number of nitrogens with two attached hydrogens (primary N) is 1. The summed E-state index contributed by atoms with van der Waals surface area (Å²) in [6, 6.07) is 5.34. The molecule has 0 aliphatic heterocycles. The lowest BCUT2D eigenvalue weighted by molar-refractivity contribution is 0.314. The highest BCUT2D eigenvalue weighted by Gasteiger charge is 2.06. The first-order chi connectivity index (χ1) is 8.52. The Bertz CT molecular complexity index is 369. The molecule has 0 aliphatic carbocycles. The smallest absolute Gasteiger partial charge is 0.165 e. The fraction of sp³-hybridized carbons (Fsp3) is 0.571. The van der Waals surface area contributed by atoms with Gasteiger partial charge in [0.2, 0.25) is 0 Å². The Balaban J connectivity index is 2.44. The standard InChI is InChI=1S/C14H23FN2O/c1-11(16)5-4-8-17(2)10-12-6-7-14(18-3)13(15)9-12/h6-7,9,11H,4-5,8,10,16H2,1-3H3. The zero-order chi connectivity index (χ0) is 13.5. The first-order valence-electron chi connectivity index (χ1n) is 6.29. The predicted molar refractivity (Wildman–Crippen MR) is 72.2 cm³/mol. The minimum Gasteiger partial charge on any atom is -0.494 e. The molecule has 1 atom stereocenters. The molecule has 1 unspecified atom stereocenters. The summed E-state index contributed by atoms with van der Waals surface area (Å²) in [5.74, 6) is -0.0164. The zero-order valence-electron chi connectivity index (χ0n) is 11.4. The third-order valence-electron chi connectivity index (χ3n) is 2.87. The number of rotatable bonds is 7. The minimum atomic E-state index is -0.306. The van der Waals surface area contributed by atoms with Gasteiger partial charge in [-0.1, -0.05) is 6.07 Å². The number of benzene rings is 1. The summed E-state index contributed by atoms with van der Waals surface area (Å²) in [4.78, 5) is 2.17. The van der Waals surface area contributed by atoms with Gasteiger partial charge in [0.25, 0.3) is 0 Å². The second-order valence-corrected chi connectivity index (χ2v) is 4.83. The SMILES string of the molecule is COc1ccc(CN(C)CCCC(C)N)cc1F. The van der Waals surface area contributed by atoms with Gasteiger partial charge in [0.05, 0.1) is 7.11 Å². The van der Waals surface area contributed by atoms with Crippen LogP contribution in [-0.4, -0.2) is 31.6 Å². The topological polar surface area (TPSA) is 38.5 Å². The normalized spacial score (nSPS) is 12.8. The van der Waals surface area contributed by atoms with Crippen LogP contribution < -0.4 is 10.5 Å². The quantitative estimate of drug-likeness (QED) is 0.812. The highest BCUT2D eigenvalue weighted by Crippen LogP contribution is 2.18. The van der Waals surface area contributed by atoms with Crippen molar-refractivity contribution < 1.29 is 9.13 Å². The van der Waals surface area contributed by atoms with Crippen LogP contribution in [0.3, 0.4) is 0 Å². The van der Waals surface area contributed by atoms with Gasteiger partial charge in [-0.3, -0.25) is 0 Å². The summed E-state index contributed by atoms with van der Waals surface area (Å²) >= 11 is 0. The van der Waals surface area contributed by atoms with Gasteiger partial charge < -0.3 is 15.4 Å². The van der Waals surface area contributed by atoms with Gasteiger partial charge in [-0.05, 0) is 51.1 Å². The molecule has 0 fully saturated rings. The Morgan fingerprint density at radius 3 is 2.72 bits per heavy atom. The van der Waals surface area contributed by atoms with E-state index >= 15 is 0 Å². The average Bonchev–Trinajstić information content (AvgIpc) is 2.28. The van der Waals surface area contributed by atoms with Crippen molar-refractivity contribution in [3.8, 4) is 5.75 Å². The number of hydrogen-bond acceptors (Lipinski definition) is 3. The van der Waals surface area contributed by atoms with Gasteiger partial charge >= 0.3 is 0 Å². The molecule has 0 amide bonds. The van der Waals surface area contributed by atoms with Crippen LogP contribution in [0.15, 0.2) is 18.2 Å². The van der Waals surface area contributed by atoms with Crippen LogP contribution in [0, 0.1) is 5.82 Å². The van der Waals surface area contributed by atoms with Crippen molar-refractivity contribution in [1.82, 2.24) is 4.90 Å². The lowest BCUT2D eigenvalue weighted by atomic mass is 10.1. The molecule has 0 saturated carbocycles. The maximum absolute atomic E-state index is 13.5. The van der Waals surface area contributed by atoms with Gasteiger partial charge in [-0.25, -0.2) is 4.39 Å². The van der Waals surface area contributed by atoms with Crippen LogP contribution in [-0.2, 0) is 6.54 Å². The summed E-state index contributed by atoms with van der Waals surface area (Å²) < 4.78 is 18.4. The van der Waals surface area contributed by atoms with Crippen LogP contribution in [0.5, 0.6) is 5.75 Å². The van der Waals surface area contributed by atoms with E-state index in [1.54, 1.807) is 6.07 Å². The van der Waals surface area contributed by atoms with Gasteiger partial charge in [0, 0.05) is 12.6 Å². The summed E-state index contributed by atoms with van der Waals surface area (Å²) in [5, 5.41) is 0. The first-order valence-corrected chi connectivity index (χ1v) is 6.29. The van der Waals surface area contributed by atoms with E-state index in [4.69, 9.17) is 10.5 Å². The number of halogens is 1. The third kappa shape index (κ3) is 5.02. The van der Waals surface area contributed by atoms with Crippen molar-refractivity contribution in [3.63, 3.8) is 0 Å². The largest absolute Gasteiger partial charge is 0.494 e. The van der Waals surface area contributed by atoms with Crippen LogP contribution in [0.25, 0.3) is 0 Å². The second kappa shape index (κ2) is 7.34. The fourth-order valence-corrected chi connectivity index (χ4v) is 1.88. The van der Waals surface area contributed by atoms with E-state index in [0.29, 0.717) is 5.75 Å². The number of methoxy groups -OCH3 is 1. The Morgan fingerprint density at radius 1 is 1.44 bits per heavy atom. The molecule has 1 rings (SSSR count). The molecule has 0 radical (unpaired) electrons. The molecule has 4 heteroatoms. The highest BCUT2D eigenvalue weighted by atomic mass is 19.1. The number of nitrogens with zero attached hydrogens (tertiary/aromatic N) is 1. The lowest BCUT2D eigenvalue weighted by Gasteiger charge is -2.17. The predicted octanol–water partition coefficient (Wildman–Crippen LogP) is 2.39. The Kier molecular flexibility index (Phi) is 6.09. The minimum absolute atomic E-state index is 0.247. The molecular weight excluding hydrogens is 231 g/mol. The maximum atomic E-state index is 13.5. The van der Waals surface area contributed by atoms with E-state index in [2.05, 4.69) is 4.90 Å². The van der Waals surface area contributed by atoms with E-state index in [1.807, 2.05) is 20.0 Å². The van der Waals surface area contributed by atoms with Crippen molar-refractivity contribution in [2.45, 2.75) is 32.4 Å². The second-order valence-electron chi connectivity index (χ2n) is 4.83. The van der Waals surface area contributed by atoms with Crippen molar-refractivity contribution in [2.75, 3.05) is 20.7 Å². The third-order valence-corrected chi connectivity index (χ3v) is 2.87.